The Kier molecular flexibility index (Phi) is 7.50. The number of methoxy groups -OCH3 is 1. The second kappa shape index (κ2) is 9.98. The lowest BCUT2D eigenvalue weighted by molar-refractivity contribution is 0.194. The molecule has 2 aromatic rings. The van der Waals surface area contributed by atoms with Crippen molar-refractivity contribution in [2.75, 3.05) is 26.9 Å². The fourth-order valence-electron chi connectivity index (χ4n) is 2.28. The number of hydrogen-bond donors (Lipinski definition) is 1. The summed E-state index contributed by atoms with van der Waals surface area (Å²) in [6.45, 7) is 3.27. The van der Waals surface area contributed by atoms with Crippen molar-refractivity contribution in [2.45, 2.75) is 19.4 Å². The normalized spacial score (nSPS) is 10.6. The number of para-hydroxylation sites is 1. The van der Waals surface area contributed by atoms with Gasteiger partial charge < -0.3 is 14.8 Å². The minimum atomic E-state index is 0.699. The van der Waals surface area contributed by atoms with Crippen LogP contribution in [-0.4, -0.2) is 26.9 Å². The van der Waals surface area contributed by atoms with Crippen LogP contribution in [0.15, 0.2) is 54.6 Å². The molecule has 0 aliphatic rings. The predicted molar refractivity (Wildman–Crippen MR) is 90.3 cm³/mol. The predicted octanol–water partition coefficient (Wildman–Crippen LogP) is 3.43. The molecular weight excluding hydrogens is 274 g/mol. The van der Waals surface area contributed by atoms with E-state index < -0.39 is 0 Å². The van der Waals surface area contributed by atoms with Gasteiger partial charge in [-0.25, -0.2) is 0 Å². The van der Waals surface area contributed by atoms with Crippen LogP contribution in [0.4, 0.5) is 0 Å². The number of rotatable bonds is 10. The zero-order valence-electron chi connectivity index (χ0n) is 13.3. The molecule has 0 fully saturated rings. The maximum Gasteiger partial charge on any atom is 0.123 e. The first-order valence-corrected chi connectivity index (χ1v) is 7.84. The number of benzene rings is 2. The highest BCUT2D eigenvalue weighted by molar-refractivity contribution is 5.33. The summed E-state index contributed by atoms with van der Waals surface area (Å²) < 4.78 is 11.0. The topological polar surface area (TPSA) is 30.5 Å². The molecule has 0 saturated heterocycles. The Morgan fingerprint density at radius 1 is 0.909 bits per heavy atom. The smallest absolute Gasteiger partial charge is 0.123 e. The van der Waals surface area contributed by atoms with Crippen molar-refractivity contribution in [3.8, 4) is 5.75 Å². The highest BCUT2D eigenvalue weighted by Gasteiger charge is 2.02. The van der Waals surface area contributed by atoms with Crippen LogP contribution < -0.4 is 10.1 Å². The van der Waals surface area contributed by atoms with Gasteiger partial charge in [-0.1, -0.05) is 48.5 Å². The summed E-state index contributed by atoms with van der Waals surface area (Å²) in [6.07, 6.45) is 1.95. The van der Waals surface area contributed by atoms with E-state index in [1.165, 1.54) is 11.1 Å². The lowest BCUT2D eigenvalue weighted by atomic mass is 10.1. The molecule has 0 amide bonds. The molecular formula is C19H25NO2. The van der Waals surface area contributed by atoms with E-state index in [0.717, 1.165) is 38.3 Å². The van der Waals surface area contributed by atoms with Gasteiger partial charge >= 0.3 is 0 Å². The minimum Gasteiger partial charge on any atom is -0.493 e. The van der Waals surface area contributed by atoms with Gasteiger partial charge in [0, 0.05) is 32.2 Å². The first kappa shape index (κ1) is 16.5. The van der Waals surface area contributed by atoms with E-state index in [1.54, 1.807) is 7.11 Å². The molecule has 2 aromatic carbocycles. The summed E-state index contributed by atoms with van der Waals surface area (Å²) in [7, 11) is 1.73. The Hall–Kier alpha value is -1.84. The average Bonchev–Trinajstić information content (AvgIpc) is 2.57. The molecule has 118 valence electrons. The molecule has 2 rings (SSSR count). The molecule has 0 atom stereocenters. The Balaban J connectivity index is 1.78. The second-order valence-electron chi connectivity index (χ2n) is 5.21. The summed E-state index contributed by atoms with van der Waals surface area (Å²) in [4.78, 5) is 0. The Morgan fingerprint density at radius 3 is 2.50 bits per heavy atom. The van der Waals surface area contributed by atoms with Crippen LogP contribution >= 0.6 is 0 Å². The molecule has 0 aliphatic heterocycles. The standard InChI is InChI=1S/C19H25NO2/c1-21-14-7-13-20-16-18-10-5-6-11-19(18)22-15-12-17-8-3-2-4-9-17/h2-6,8-11,20H,7,12-16H2,1H3. The van der Waals surface area contributed by atoms with E-state index >= 15 is 0 Å². The third kappa shape index (κ3) is 5.88. The Bertz CT molecular complexity index is 528. The number of hydrogen-bond acceptors (Lipinski definition) is 3. The number of ether oxygens (including phenoxy) is 2. The van der Waals surface area contributed by atoms with Crippen LogP contribution in [0, 0.1) is 0 Å². The summed E-state index contributed by atoms with van der Waals surface area (Å²) in [5.74, 6) is 0.970. The van der Waals surface area contributed by atoms with Gasteiger partial charge in [-0.15, -0.1) is 0 Å². The zero-order valence-corrected chi connectivity index (χ0v) is 13.3. The summed E-state index contributed by atoms with van der Waals surface area (Å²) in [6, 6.07) is 18.6. The van der Waals surface area contributed by atoms with Crippen LogP contribution in [0.5, 0.6) is 5.75 Å². The summed E-state index contributed by atoms with van der Waals surface area (Å²) >= 11 is 0. The van der Waals surface area contributed by atoms with E-state index in [-0.39, 0.29) is 0 Å². The van der Waals surface area contributed by atoms with Crippen molar-refractivity contribution in [2.24, 2.45) is 0 Å². The Morgan fingerprint density at radius 2 is 1.68 bits per heavy atom. The van der Waals surface area contributed by atoms with Gasteiger partial charge in [-0.2, -0.15) is 0 Å². The van der Waals surface area contributed by atoms with Crippen LogP contribution in [0.3, 0.4) is 0 Å². The van der Waals surface area contributed by atoms with E-state index in [9.17, 15) is 0 Å². The van der Waals surface area contributed by atoms with Crippen molar-refractivity contribution in [1.29, 1.82) is 0 Å². The molecule has 0 saturated carbocycles. The fraction of sp³-hybridized carbons (Fsp3) is 0.368. The highest BCUT2D eigenvalue weighted by Crippen LogP contribution is 2.18. The van der Waals surface area contributed by atoms with Gasteiger partial charge in [0.2, 0.25) is 0 Å². The maximum atomic E-state index is 5.95. The molecule has 0 bridgehead atoms. The average molecular weight is 299 g/mol. The third-order valence-corrected chi connectivity index (χ3v) is 3.48. The van der Waals surface area contributed by atoms with E-state index in [2.05, 4.69) is 41.7 Å². The minimum absolute atomic E-state index is 0.699. The van der Waals surface area contributed by atoms with Crippen LogP contribution in [-0.2, 0) is 17.7 Å². The maximum absolute atomic E-state index is 5.95. The van der Waals surface area contributed by atoms with Gasteiger partial charge in [-0.3, -0.25) is 0 Å². The molecule has 1 N–H and O–H groups in total. The SMILES string of the molecule is COCCCNCc1ccccc1OCCc1ccccc1. The molecule has 0 aromatic heterocycles. The van der Waals surface area contributed by atoms with Crippen molar-refractivity contribution in [1.82, 2.24) is 5.32 Å². The van der Waals surface area contributed by atoms with E-state index in [4.69, 9.17) is 9.47 Å². The van der Waals surface area contributed by atoms with Gasteiger partial charge in [-0.05, 0) is 24.6 Å². The fourth-order valence-corrected chi connectivity index (χ4v) is 2.28. The molecule has 22 heavy (non-hydrogen) atoms. The van der Waals surface area contributed by atoms with Crippen molar-refractivity contribution >= 4 is 0 Å². The molecule has 0 radical (unpaired) electrons. The number of nitrogens with one attached hydrogen (secondary N) is 1. The summed E-state index contributed by atoms with van der Waals surface area (Å²) in [5, 5.41) is 3.42. The van der Waals surface area contributed by atoms with Crippen LogP contribution in [0.25, 0.3) is 0 Å². The highest BCUT2D eigenvalue weighted by atomic mass is 16.5. The lowest BCUT2D eigenvalue weighted by Crippen LogP contribution is -2.17. The Labute approximate surface area is 133 Å². The molecule has 0 aliphatic carbocycles. The van der Waals surface area contributed by atoms with Crippen molar-refractivity contribution < 1.29 is 9.47 Å². The summed E-state index contributed by atoms with van der Waals surface area (Å²) in [5.41, 5.74) is 2.51. The molecule has 3 heteroatoms. The van der Waals surface area contributed by atoms with Crippen LogP contribution in [0.2, 0.25) is 0 Å². The van der Waals surface area contributed by atoms with Gasteiger partial charge in [0.25, 0.3) is 0 Å². The van der Waals surface area contributed by atoms with Crippen molar-refractivity contribution in [3.63, 3.8) is 0 Å². The first-order chi connectivity index (χ1) is 10.9. The first-order valence-electron chi connectivity index (χ1n) is 7.84. The third-order valence-electron chi connectivity index (χ3n) is 3.48. The monoisotopic (exact) mass is 299 g/mol. The lowest BCUT2D eigenvalue weighted by Gasteiger charge is -2.12. The molecule has 3 nitrogen and oxygen atoms in total. The second-order valence-corrected chi connectivity index (χ2v) is 5.21. The van der Waals surface area contributed by atoms with Crippen LogP contribution in [0.1, 0.15) is 17.5 Å². The largest absolute Gasteiger partial charge is 0.493 e. The zero-order chi connectivity index (χ0) is 15.5. The molecule has 0 unspecified atom stereocenters. The van der Waals surface area contributed by atoms with Gasteiger partial charge in [0.15, 0.2) is 0 Å². The van der Waals surface area contributed by atoms with Crippen molar-refractivity contribution in [3.05, 3.63) is 65.7 Å². The van der Waals surface area contributed by atoms with E-state index in [1.807, 2.05) is 18.2 Å². The molecule has 0 spiro atoms. The quantitative estimate of drug-likeness (QED) is 0.682. The van der Waals surface area contributed by atoms with Gasteiger partial charge in [0.05, 0.1) is 6.61 Å². The molecule has 0 heterocycles. The van der Waals surface area contributed by atoms with E-state index in [0.29, 0.717) is 6.61 Å². The van der Waals surface area contributed by atoms with Gasteiger partial charge in [0.1, 0.15) is 5.75 Å².